The number of halogens is 6. The molecule has 3 aromatic rings. The molecule has 0 N–H and O–H groups in total. The van der Waals surface area contributed by atoms with Crippen molar-refractivity contribution in [1.82, 2.24) is 0 Å². The first-order chi connectivity index (χ1) is 15.4. The van der Waals surface area contributed by atoms with Gasteiger partial charge in [0.2, 0.25) is 0 Å². The highest BCUT2D eigenvalue weighted by molar-refractivity contribution is 7.88. The number of benzene rings is 3. The molecule has 0 amide bonds. The minimum absolute atomic E-state index is 0.0634. The van der Waals surface area contributed by atoms with E-state index in [1.807, 2.05) is 0 Å². The predicted octanol–water partition coefficient (Wildman–Crippen LogP) is 7.28. The molecular formula is C23H20F6O3S. The van der Waals surface area contributed by atoms with Gasteiger partial charge in [-0.2, -0.15) is 21.6 Å². The van der Waals surface area contributed by atoms with Crippen LogP contribution in [0.4, 0.5) is 26.3 Å². The first kappa shape index (κ1) is 24.9. The Morgan fingerprint density at radius 3 is 2.24 bits per heavy atom. The van der Waals surface area contributed by atoms with Crippen LogP contribution in [0.1, 0.15) is 38.2 Å². The molecule has 0 saturated carbocycles. The fraction of sp³-hybridized carbons (Fsp3) is 0.304. The van der Waals surface area contributed by atoms with Crippen LogP contribution in [-0.4, -0.2) is 13.9 Å². The standard InChI is InChI=1S/C23H20F6O3S/c1-2-3-4-5-6-14-7-9-17(18(24)11-14)16-12-15-8-10-20(22(26)21(15)19(25)13-16)32-33(30,31)23(27,28)29/h7-13H,2-6H2,1H3. The minimum Gasteiger partial charge on any atom is -0.373 e. The Bertz CT molecular complexity index is 1270. The van der Waals surface area contributed by atoms with Crippen molar-refractivity contribution >= 4 is 20.9 Å². The van der Waals surface area contributed by atoms with Gasteiger partial charge in [-0.15, -0.1) is 0 Å². The first-order valence-corrected chi connectivity index (χ1v) is 11.6. The highest BCUT2D eigenvalue weighted by Crippen LogP contribution is 2.35. The molecule has 0 spiro atoms. The summed E-state index contributed by atoms with van der Waals surface area (Å²) in [6.07, 6.45) is 4.79. The van der Waals surface area contributed by atoms with Crippen molar-refractivity contribution in [2.24, 2.45) is 0 Å². The molecule has 0 unspecified atom stereocenters. The molecular weight excluding hydrogens is 470 g/mol. The molecule has 0 atom stereocenters. The van der Waals surface area contributed by atoms with Crippen LogP contribution in [-0.2, 0) is 16.5 Å². The molecule has 3 aromatic carbocycles. The van der Waals surface area contributed by atoms with Gasteiger partial charge in [0.15, 0.2) is 11.6 Å². The fourth-order valence-electron chi connectivity index (χ4n) is 3.44. The van der Waals surface area contributed by atoms with Crippen molar-refractivity contribution in [1.29, 1.82) is 0 Å². The summed E-state index contributed by atoms with van der Waals surface area (Å²) in [6, 6.07) is 8.26. The molecule has 0 aliphatic rings. The van der Waals surface area contributed by atoms with E-state index in [1.54, 1.807) is 6.07 Å². The molecule has 0 heterocycles. The van der Waals surface area contributed by atoms with E-state index in [2.05, 4.69) is 11.1 Å². The average Bonchev–Trinajstić information content (AvgIpc) is 2.72. The van der Waals surface area contributed by atoms with Crippen LogP contribution in [0.15, 0.2) is 42.5 Å². The maximum absolute atomic E-state index is 14.7. The Balaban J connectivity index is 1.95. The Labute approximate surface area is 187 Å². The van der Waals surface area contributed by atoms with E-state index < -0.39 is 44.2 Å². The molecule has 0 fully saturated rings. The Morgan fingerprint density at radius 1 is 0.879 bits per heavy atom. The minimum atomic E-state index is -6.14. The summed E-state index contributed by atoms with van der Waals surface area (Å²) in [7, 11) is -6.14. The lowest BCUT2D eigenvalue weighted by atomic mass is 9.97. The van der Waals surface area contributed by atoms with Gasteiger partial charge in [0, 0.05) is 5.56 Å². The summed E-state index contributed by atoms with van der Waals surface area (Å²) in [4.78, 5) is 0. The lowest BCUT2D eigenvalue weighted by Gasteiger charge is -2.13. The molecule has 0 aliphatic carbocycles. The average molecular weight is 490 g/mol. The number of fused-ring (bicyclic) bond motifs is 1. The second kappa shape index (κ2) is 9.62. The number of hydrogen-bond donors (Lipinski definition) is 0. The molecule has 178 valence electrons. The number of rotatable bonds is 8. The van der Waals surface area contributed by atoms with Crippen LogP contribution >= 0.6 is 0 Å². The summed E-state index contributed by atoms with van der Waals surface area (Å²) in [5.74, 6) is -4.73. The molecule has 0 radical (unpaired) electrons. The Morgan fingerprint density at radius 2 is 1.61 bits per heavy atom. The molecule has 0 aromatic heterocycles. The fourth-order valence-corrected chi connectivity index (χ4v) is 3.90. The van der Waals surface area contributed by atoms with Crippen molar-refractivity contribution in [2.45, 2.75) is 44.5 Å². The van der Waals surface area contributed by atoms with Gasteiger partial charge < -0.3 is 4.18 Å². The van der Waals surface area contributed by atoms with Crippen LogP contribution in [0.2, 0.25) is 0 Å². The van der Waals surface area contributed by atoms with Crippen molar-refractivity contribution in [3.05, 3.63) is 65.5 Å². The number of alkyl halides is 3. The number of unbranched alkanes of at least 4 members (excludes halogenated alkanes) is 3. The maximum atomic E-state index is 14.7. The molecule has 33 heavy (non-hydrogen) atoms. The van der Waals surface area contributed by atoms with Gasteiger partial charge in [-0.1, -0.05) is 44.4 Å². The maximum Gasteiger partial charge on any atom is 0.534 e. The van der Waals surface area contributed by atoms with Crippen LogP contribution in [0.25, 0.3) is 21.9 Å². The van der Waals surface area contributed by atoms with Crippen molar-refractivity contribution in [3.63, 3.8) is 0 Å². The summed E-state index contributed by atoms with van der Waals surface area (Å²) in [5.41, 5.74) is -4.84. The van der Waals surface area contributed by atoms with E-state index in [0.717, 1.165) is 43.4 Å². The normalized spacial score (nSPS) is 12.3. The Hall–Kier alpha value is -2.75. The van der Waals surface area contributed by atoms with E-state index in [1.165, 1.54) is 18.2 Å². The van der Waals surface area contributed by atoms with Crippen molar-refractivity contribution < 1.29 is 38.9 Å². The summed E-state index contributed by atoms with van der Waals surface area (Å²) < 4.78 is 108. The number of aryl methyl sites for hydroxylation is 1. The van der Waals surface area contributed by atoms with Crippen LogP contribution in [0, 0.1) is 17.5 Å². The van der Waals surface area contributed by atoms with E-state index in [0.29, 0.717) is 12.5 Å². The van der Waals surface area contributed by atoms with Gasteiger partial charge in [0.25, 0.3) is 0 Å². The zero-order valence-electron chi connectivity index (χ0n) is 17.5. The first-order valence-electron chi connectivity index (χ1n) is 10.2. The monoisotopic (exact) mass is 490 g/mol. The zero-order valence-corrected chi connectivity index (χ0v) is 18.3. The van der Waals surface area contributed by atoms with Gasteiger partial charge in [0.05, 0.1) is 5.39 Å². The second-order valence-corrected chi connectivity index (χ2v) is 9.08. The molecule has 3 nitrogen and oxygen atoms in total. The number of hydrogen-bond acceptors (Lipinski definition) is 3. The zero-order chi connectivity index (χ0) is 24.4. The van der Waals surface area contributed by atoms with Crippen LogP contribution < -0.4 is 4.18 Å². The van der Waals surface area contributed by atoms with Gasteiger partial charge in [-0.3, -0.25) is 0 Å². The molecule has 3 rings (SSSR count). The molecule has 0 aliphatic heterocycles. The van der Waals surface area contributed by atoms with Crippen molar-refractivity contribution in [2.75, 3.05) is 0 Å². The predicted molar refractivity (Wildman–Crippen MR) is 113 cm³/mol. The third-order valence-corrected chi connectivity index (χ3v) is 6.08. The lowest BCUT2D eigenvalue weighted by Crippen LogP contribution is -2.28. The summed E-state index contributed by atoms with van der Waals surface area (Å²) >= 11 is 0. The highest BCUT2D eigenvalue weighted by Gasteiger charge is 2.49. The van der Waals surface area contributed by atoms with Gasteiger partial charge in [-0.05, 0) is 53.6 Å². The van der Waals surface area contributed by atoms with Crippen LogP contribution in [0.5, 0.6) is 5.75 Å². The molecule has 10 heteroatoms. The molecule has 0 saturated heterocycles. The summed E-state index contributed by atoms with van der Waals surface area (Å²) in [6.45, 7) is 2.08. The van der Waals surface area contributed by atoms with Crippen molar-refractivity contribution in [3.8, 4) is 16.9 Å². The largest absolute Gasteiger partial charge is 0.534 e. The van der Waals surface area contributed by atoms with Crippen LogP contribution in [0.3, 0.4) is 0 Å². The third kappa shape index (κ3) is 5.43. The lowest BCUT2D eigenvalue weighted by molar-refractivity contribution is -0.0500. The topological polar surface area (TPSA) is 43.4 Å². The van der Waals surface area contributed by atoms with Gasteiger partial charge in [-0.25, -0.2) is 13.2 Å². The van der Waals surface area contributed by atoms with E-state index >= 15 is 0 Å². The quantitative estimate of drug-likeness (QED) is 0.144. The smallest absolute Gasteiger partial charge is 0.373 e. The second-order valence-electron chi connectivity index (χ2n) is 7.54. The van der Waals surface area contributed by atoms with Gasteiger partial charge in [0.1, 0.15) is 11.6 Å². The van der Waals surface area contributed by atoms with E-state index in [-0.39, 0.29) is 16.5 Å². The summed E-state index contributed by atoms with van der Waals surface area (Å²) in [5, 5.41) is -0.885. The Kier molecular flexibility index (Phi) is 7.26. The SMILES string of the molecule is CCCCCCc1ccc(-c2cc(F)c3c(F)c(OS(=O)(=O)C(F)(F)F)ccc3c2)c(F)c1. The highest BCUT2D eigenvalue weighted by atomic mass is 32.2. The van der Waals surface area contributed by atoms with Gasteiger partial charge >= 0.3 is 15.6 Å². The van der Waals surface area contributed by atoms with E-state index in [9.17, 15) is 34.8 Å². The van der Waals surface area contributed by atoms with E-state index in [4.69, 9.17) is 0 Å². The molecule has 0 bridgehead atoms. The third-order valence-electron chi connectivity index (χ3n) is 5.12.